The Labute approximate surface area is 71.8 Å². The molecule has 4 heteroatoms. The summed E-state index contributed by atoms with van der Waals surface area (Å²) in [5.41, 5.74) is 0.537. The summed E-state index contributed by atoms with van der Waals surface area (Å²) in [6, 6.07) is 2.05. The first-order valence-corrected chi connectivity index (χ1v) is 3.73. The molecule has 0 rings (SSSR count). The molecule has 0 radical (unpaired) electrons. The molecule has 4 nitrogen and oxygen atoms in total. The summed E-state index contributed by atoms with van der Waals surface area (Å²) in [5, 5.41) is 12.1. The molecule has 0 aromatic rings. The van der Waals surface area contributed by atoms with Crippen molar-refractivity contribution >= 4 is 11.7 Å². The minimum Gasteiger partial charge on any atom is -0.319 e. The second-order valence-electron chi connectivity index (χ2n) is 2.41. The summed E-state index contributed by atoms with van der Waals surface area (Å²) < 4.78 is 0. The molecule has 0 heterocycles. The Hall–Kier alpha value is -1.37. The predicted octanol–water partition coefficient (Wildman–Crippen LogP) is 1.48. The van der Waals surface area contributed by atoms with Crippen molar-refractivity contribution in [2.45, 2.75) is 27.2 Å². The van der Waals surface area contributed by atoms with Gasteiger partial charge in [0, 0.05) is 6.92 Å². The molecule has 0 fully saturated rings. The van der Waals surface area contributed by atoms with Crippen molar-refractivity contribution in [3.63, 3.8) is 0 Å². The molecule has 0 saturated carbocycles. The molecule has 0 aromatic heterocycles. The van der Waals surface area contributed by atoms with Gasteiger partial charge in [0.15, 0.2) is 0 Å². The largest absolute Gasteiger partial charge is 0.331 e. The summed E-state index contributed by atoms with van der Waals surface area (Å²) >= 11 is 0. The van der Waals surface area contributed by atoms with Crippen LogP contribution in [-0.2, 0) is 9.63 Å². The highest BCUT2D eigenvalue weighted by Crippen LogP contribution is 2.03. The van der Waals surface area contributed by atoms with E-state index in [1.54, 1.807) is 6.92 Å². The lowest BCUT2D eigenvalue weighted by molar-refractivity contribution is -0.140. The number of oxime groups is 1. The van der Waals surface area contributed by atoms with E-state index < -0.39 is 5.97 Å². The van der Waals surface area contributed by atoms with Crippen molar-refractivity contribution in [1.29, 1.82) is 5.26 Å². The Morgan fingerprint density at radius 1 is 1.67 bits per heavy atom. The average molecular weight is 168 g/mol. The van der Waals surface area contributed by atoms with Crippen LogP contribution in [0.1, 0.15) is 27.2 Å². The smallest absolute Gasteiger partial charge is 0.319 e. The Morgan fingerprint density at radius 3 is 2.58 bits per heavy atom. The molecule has 0 amide bonds. The van der Waals surface area contributed by atoms with E-state index in [0.29, 0.717) is 12.1 Å². The van der Waals surface area contributed by atoms with Gasteiger partial charge in [-0.05, 0) is 13.3 Å². The van der Waals surface area contributed by atoms with Gasteiger partial charge in [-0.2, -0.15) is 5.26 Å². The van der Waals surface area contributed by atoms with Gasteiger partial charge < -0.3 is 4.84 Å². The Morgan fingerprint density at radius 2 is 2.25 bits per heavy atom. The third kappa shape index (κ3) is 3.71. The fraction of sp³-hybridized carbons (Fsp3) is 0.625. The molecule has 66 valence electrons. The van der Waals surface area contributed by atoms with Gasteiger partial charge in [-0.3, -0.25) is 0 Å². The Balaban J connectivity index is 4.17. The minimum atomic E-state index is -0.470. The fourth-order valence-electron chi connectivity index (χ4n) is 0.680. The van der Waals surface area contributed by atoms with Crippen LogP contribution >= 0.6 is 0 Å². The number of nitriles is 1. The Kier molecular flexibility index (Phi) is 4.70. The molecule has 0 bridgehead atoms. The topological polar surface area (TPSA) is 62.4 Å². The predicted molar refractivity (Wildman–Crippen MR) is 44.3 cm³/mol. The highest BCUT2D eigenvalue weighted by atomic mass is 16.7. The maximum atomic E-state index is 10.3. The quantitative estimate of drug-likeness (QED) is 0.364. The van der Waals surface area contributed by atoms with Crippen LogP contribution in [0.25, 0.3) is 0 Å². The zero-order valence-electron chi connectivity index (χ0n) is 7.50. The minimum absolute atomic E-state index is 0.260. The first-order valence-electron chi connectivity index (χ1n) is 3.73. The summed E-state index contributed by atoms with van der Waals surface area (Å²) in [6.07, 6.45) is 0.674. The van der Waals surface area contributed by atoms with Gasteiger partial charge in [-0.15, -0.1) is 0 Å². The SMILES string of the molecule is CCC(C#N)C(C)=NOC(C)=O. The van der Waals surface area contributed by atoms with Crippen LogP contribution in [0.3, 0.4) is 0 Å². The third-order valence-electron chi connectivity index (χ3n) is 1.39. The number of carbonyl (C=O) groups is 1. The van der Waals surface area contributed by atoms with Gasteiger partial charge in [0.2, 0.25) is 0 Å². The average Bonchev–Trinajstić information content (AvgIpc) is 2.03. The first-order chi connectivity index (χ1) is 5.61. The van der Waals surface area contributed by atoms with E-state index in [0.717, 1.165) is 0 Å². The lowest BCUT2D eigenvalue weighted by atomic mass is 10.0. The van der Waals surface area contributed by atoms with Gasteiger partial charge in [-0.1, -0.05) is 12.1 Å². The summed E-state index contributed by atoms with van der Waals surface area (Å²) in [7, 11) is 0. The lowest BCUT2D eigenvalue weighted by Crippen LogP contribution is -2.08. The molecule has 0 saturated heterocycles. The van der Waals surface area contributed by atoms with E-state index in [2.05, 4.69) is 16.1 Å². The zero-order valence-corrected chi connectivity index (χ0v) is 7.50. The summed E-state index contributed by atoms with van der Waals surface area (Å²) in [4.78, 5) is 14.7. The molecule has 0 aromatic carbocycles. The molecular weight excluding hydrogens is 156 g/mol. The standard InChI is InChI=1S/C8H12N2O2/c1-4-8(5-9)6(2)10-12-7(3)11/h8H,4H2,1-3H3. The maximum Gasteiger partial charge on any atom is 0.331 e. The van der Waals surface area contributed by atoms with Crippen molar-refractivity contribution in [2.75, 3.05) is 0 Å². The third-order valence-corrected chi connectivity index (χ3v) is 1.39. The van der Waals surface area contributed by atoms with Gasteiger partial charge in [-0.25, -0.2) is 4.79 Å². The maximum absolute atomic E-state index is 10.3. The molecule has 1 unspecified atom stereocenters. The van der Waals surface area contributed by atoms with Crippen LogP contribution in [-0.4, -0.2) is 11.7 Å². The van der Waals surface area contributed by atoms with Crippen molar-refractivity contribution < 1.29 is 9.63 Å². The van der Waals surface area contributed by atoms with Gasteiger partial charge in [0.05, 0.1) is 17.7 Å². The zero-order chi connectivity index (χ0) is 9.56. The second-order valence-corrected chi connectivity index (χ2v) is 2.41. The van der Waals surface area contributed by atoms with Crippen LogP contribution < -0.4 is 0 Å². The van der Waals surface area contributed by atoms with E-state index in [1.807, 2.05) is 6.92 Å². The number of rotatable bonds is 3. The van der Waals surface area contributed by atoms with E-state index in [9.17, 15) is 4.79 Å². The highest BCUT2D eigenvalue weighted by molar-refractivity contribution is 5.86. The van der Waals surface area contributed by atoms with Crippen molar-refractivity contribution in [3.05, 3.63) is 0 Å². The fourth-order valence-corrected chi connectivity index (χ4v) is 0.680. The van der Waals surface area contributed by atoms with Gasteiger partial charge >= 0.3 is 5.97 Å². The molecule has 0 spiro atoms. The summed E-state index contributed by atoms with van der Waals surface area (Å²) in [6.45, 7) is 4.81. The molecule has 1 atom stereocenters. The number of nitrogens with zero attached hydrogens (tertiary/aromatic N) is 2. The van der Waals surface area contributed by atoms with Crippen LogP contribution in [0.15, 0.2) is 5.16 Å². The monoisotopic (exact) mass is 168 g/mol. The van der Waals surface area contributed by atoms with E-state index in [1.165, 1.54) is 6.92 Å². The van der Waals surface area contributed by atoms with E-state index in [4.69, 9.17) is 5.26 Å². The molecule has 0 aliphatic heterocycles. The van der Waals surface area contributed by atoms with Crippen LogP contribution in [0.4, 0.5) is 0 Å². The van der Waals surface area contributed by atoms with Crippen molar-refractivity contribution in [1.82, 2.24) is 0 Å². The lowest BCUT2D eigenvalue weighted by Gasteiger charge is -2.02. The number of hydrogen-bond donors (Lipinski definition) is 0. The normalized spacial score (nSPS) is 13.3. The van der Waals surface area contributed by atoms with Gasteiger partial charge in [0.1, 0.15) is 0 Å². The van der Waals surface area contributed by atoms with Crippen molar-refractivity contribution in [2.24, 2.45) is 11.1 Å². The van der Waals surface area contributed by atoms with Crippen LogP contribution in [0, 0.1) is 17.2 Å². The van der Waals surface area contributed by atoms with E-state index >= 15 is 0 Å². The molecule has 12 heavy (non-hydrogen) atoms. The van der Waals surface area contributed by atoms with Crippen LogP contribution in [0.5, 0.6) is 0 Å². The molecular formula is C8H12N2O2. The van der Waals surface area contributed by atoms with E-state index in [-0.39, 0.29) is 5.92 Å². The summed E-state index contributed by atoms with van der Waals surface area (Å²) in [5.74, 6) is -0.730. The van der Waals surface area contributed by atoms with Crippen LogP contribution in [0.2, 0.25) is 0 Å². The highest BCUT2D eigenvalue weighted by Gasteiger charge is 2.08. The molecule has 0 N–H and O–H groups in total. The number of carbonyl (C=O) groups excluding carboxylic acids is 1. The van der Waals surface area contributed by atoms with Crippen molar-refractivity contribution in [3.8, 4) is 6.07 Å². The number of hydrogen-bond acceptors (Lipinski definition) is 4. The second kappa shape index (κ2) is 5.30. The molecule has 0 aliphatic carbocycles. The first kappa shape index (κ1) is 10.6. The van der Waals surface area contributed by atoms with Gasteiger partial charge in [0.25, 0.3) is 0 Å². The Bertz CT molecular complexity index is 228. The molecule has 0 aliphatic rings.